The first-order chi connectivity index (χ1) is 14.9. The molecule has 2 aliphatic rings. The van der Waals surface area contributed by atoms with Gasteiger partial charge in [0, 0.05) is 38.4 Å². The van der Waals surface area contributed by atoms with Crippen LogP contribution in [0.15, 0.2) is 47.4 Å². The number of hydrogen-bond acceptors (Lipinski definition) is 4. The van der Waals surface area contributed by atoms with Crippen LogP contribution in [0.2, 0.25) is 5.02 Å². The van der Waals surface area contributed by atoms with Crippen LogP contribution >= 0.6 is 11.6 Å². The van der Waals surface area contributed by atoms with Gasteiger partial charge in [-0.25, -0.2) is 8.42 Å². The lowest BCUT2D eigenvalue weighted by Gasteiger charge is -2.28. The van der Waals surface area contributed by atoms with E-state index in [9.17, 15) is 13.2 Å². The summed E-state index contributed by atoms with van der Waals surface area (Å²) in [6.45, 7) is 3.55. The molecule has 2 fully saturated rings. The van der Waals surface area contributed by atoms with Crippen molar-refractivity contribution in [3.8, 4) is 0 Å². The van der Waals surface area contributed by atoms with Crippen LogP contribution in [0.25, 0.3) is 0 Å². The molecule has 2 aromatic rings. The number of benzene rings is 2. The van der Waals surface area contributed by atoms with Gasteiger partial charge in [0.1, 0.15) is 0 Å². The van der Waals surface area contributed by atoms with E-state index < -0.39 is 10.0 Å². The number of amides is 1. The van der Waals surface area contributed by atoms with Gasteiger partial charge in [-0.2, -0.15) is 4.31 Å². The molecular weight excluding hydrogens is 434 g/mol. The van der Waals surface area contributed by atoms with E-state index in [1.165, 1.54) is 47.5 Å². The predicted octanol–water partition coefficient (Wildman–Crippen LogP) is 4.04. The van der Waals surface area contributed by atoms with Crippen molar-refractivity contribution < 1.29 is 13.2 Å². The van der Waals surface area contributed by atoms with E-state index in [4.69, 9.17) is 11.6 Å². The van der Waals surface area contributed by atoms with Crippen LogP contribution in [-0.2, 0) is 16.6 Å². The average molecular weight is 462 g/mol. The number of rotatable bonds is 6. The van der Waals surface area contributed by atoms with Gasteiger partial charge in [-0.3, -0.25) is 4.79 Å². The summed E-state index contributed by atoms with van der Waals surface area (Å²) < 4.78 is 27.1. The fraction of sp³-hybridized carbons (Fsp3) is 0.435. The molecule has 2 aromatic carbocycles. The van der Waals surface area contributed by atoms with Gasteiger partial charge in [0.05, 0.1) is 15.5 Å². The second kappa shape index (κ2) is 9.59. The number of carbonyl (C=O) groups excluding carboxylic acids is 1. The summed E-state index contributed by atoms with van der Waals surface area (Å²) in [5.74, 6) is -0.386. The fourth-order valence-electron chi connectivity index (χ4n) is 4.17. The molecule has 0 bridgehead atoms. The summed E-state index contributed by atoms with van der Waals surface area (Å²) in [6.07, 6.45) is 5.47. The number of anilines is 1. The van der Waals surface area contributed by atoms with Crippen LogP contribution in [0, 0.1) is 0 Å². The molecule has 166 valence electrons. The molecule has 2 heterocycles. The molecule has 31 heavy (non-hydrogen) atoms. The Balaban J connectivity index is 1.42. The Labute approximate surface area is 189 Å². The average Bonchev–Trinajstić information content (AvgIpc) is 3.35. The van der Waals surface area contributed by atoms with Crippen molar-refractivity contribution in [1.29, 1.82) is 0 Å². The zero-order valence-corrected chi connectivity index (χ0v) is 19.1. The highest BCUT2D eigenvalue weighted by molar-refractivity contribution is 7.89. The first-order valence-electron chi connectivity index (χ1n) is 10.9. The highest BCUT2D eigenvalue weighted by Crippen LogP contribution is 2.25. The lowest BCUT2D eigenvalue weighted by molar-refractivity contribution is 0.0951. The Bertz CT molecular complexity index is 1030. The second-order valence-corrected chi connectivity index (χ2v) is 10.5. The number of hydrogen-bond donors (Lipinski definition) is 1. The van der Waals surface area contributed by atoms with Crippen molar-refractivity contribution in [2.75, 3.05) is 31.1 Å². The number of nitrogens with one attached hydrogen (secondary N) is 1. The normalized spacial score (nSPS) is 17.6. The molecule has 2 aliphatic heterocycles. The molecule has 4 rings (SSSR count). The molecule has 2 saturated heterocycles. The van der Waals surface area contributed by atoms with Crippen LogP contribution < -0.4 is 10.2 Å². The van der Waals surface area contributed by atoms with Crippen molar-refractivity contribution >= 4 is 33.2 Å². The first kappa shape index (κ1) is 22.1. The minimum Gasteiger partial charge on any atom is -0.372 e. The Morgan fingerprint density at radius 1 is 0.903 bits per heavy atom. The maximum atomic E-state index is 12.8. The van der Waals surface area contributed by atoms with Crippen LogP contribution in [0.3, 0.4) is 0 Å². The predicted molar refractivity (Wildman–Crippen MR) is 123 cm³/mol. The summed E-state index contributed by atoms with van der Waals surface area (Å²) in [5.41, 5.74) is 2.36. The molecule has 0 atom stereocenters. The van der Waals surface area contributed by atoms with Gasteiger partial charge in [0.2, 0.25) is 10.0 Å². The number of piperidine rings is 1. The third-order valence-electron chi connectivity index (χ3n) is 6.00. The zero-order valence-electron chi connectivity index (χ0n) is 17.5. The molecule has 0 aliphatic carbocycles. The third kappa shape index (κ3) is 5.05. The quantitative estimate of drug-likeness (QED) is 0.704. The summed E-state index contributed by atoms with van der Waals surface area (Å²) in [7, 11) is -3.60. The standard InChI is InChI=1S/C23H28ClN3O3S/c24-22-11-10-20(31(29,30)27-14-4-5-15-27)16-21(22)23(28)25-17-18-6-8-19(9-7-18)26-12-2-1-3-13-26/h6-11,16H,1-5,12-15,17H2,(H,25,28). The van der Waals surface area contributed by atoms with E-state index in [0.717, 1.165) is 31.5 Å². The SMILES string of the molecule is O=C(NCc1ccc(N2CCCCC2)cc1)c1cc(S(=O)(=O)N2CCCC2)ccc1Cl. The molecule has 1 amide bonds. The van der Waals surface area contributed by atoms with Crippen molar-refractivity contribution in [2.45, 2.75) is 43.5 Å². The van der Waals surface area contributed by atoms with Gasteiger partial charge in [-0.15, -0.1) is 0 Å². The topological polar surface area (TPSA) is 69.7 Å². The zero-order chi connectivity index (χ0) is 21.8. The largest absolute Gasteiger partial charge is 0.372 e. The lowest BCUT2D eigenvalue weighted by Crippen LogP contribution is -2.29. The van der Waals surface area contributed by atoms with Gasteiger partial charge in [-0.1, -0.05) is 23.7 Å². The molecule has 0 saturated carbocycles. The molecule has 6 nitrogen and oxygen atoms in total. The Hall–Kier alpha value is -2.09. The van der Waals surface area contributed by atoms with Crippen LogP contribution in [0.5, 0.6) is 0 Å². The summed E-state index contributed by atoms with van der Waals surface area (Å²) in [4.78, 5) is 15.2. The van der Waals surface area contributed by atoms with E-state index in [1.54, 1.807) is 0 Å². The van der Waals surface area contributed by atoms with E-state index in [2.05, 4.69) is 22.3 Å². The summed E-state index contributed by atoms with van der Waals surface area (Å²) in [5, 5.41) is 3.09. The highest BCUT2D eigenvalue weighted by Gasteiger charge is 2.28. The molecular formula is C23H28ClN3O3S. The Morgan fingerprint density at radius 3 is 2.23 bits per heavy atom. The molecule has 1 N–H and O–H groups in total. The van der Waals surface area contributed by atoms with Gasteiger partial charge < -0.3 is 10.2 Å². The van der Waals surface area contributed by atoms with Crippen molar-refractivity contribution in [2.24, 2.45) is 0 Å². The minimum absolute atomic E-state index is 0.106. The maximum absolute atomic E-state index is 12.8. The fourth-order valence-corrected chi connectivity index (χ4v) is 5.92. The highest BCUT2D eigenvalue weighted by atomic mass is 35.5. The monoisotopic (exact) mass is 461 g/mol. The van der Waals surface area contributed by atoms with Gasteiger partial charge in [0.25, 0.3) is 5.91 Å². The molecule has 0 aromatic heterocycles. The van der Waals surface area contributed by atoms with Gasteiger partial charge in [0.15, 0.2) is 0 Å². The maximum Gasteiger partial charge on any atom is 0.253 e. The van der Waals surface area contributed by atoms with Crippen LogP contribution in [0.1, 0.15) is 48.0 Å². The lowest BCUT2D eigenvalue weighted by atomic mass is 10.1. The summed E-state index contributed by atoms with van der Waals surface area (Å²) >= 11 is 6.21. The minimum atomic E-state index is -3.60. The van der Waals surface area contributed by atoms with Crippen molar-refractivity contribution in [3.63, 3.8) is 0 Å². The number of sulfonamides is 1. The van der Waals surface area contributed by atoms with E-state index in [1.807, 2.05) is 12.1 Å². The molecule has 0 spiro atoms. The molecule has 0 radical (unpaired) electrons. The number of halogens is 1. The smallest absolute Gasteiger partial charge is 0.253 e. The Morgan fingerprint density at radius 2 is 1.55 bits per heavy atom. The Kier molecular flexibility index (Phi) is 6.84. The van der Waals surface area contributed by atoms with Gasteiger partial charge >= 0.3 is 0 Å². The molecule has 8 heteroatoms. The molecule has 0 unspecified atom stereocenters. The second-order valence-electron chi connectivity index (χ2n) is 8.15. The number of nitrogens with zero attached hydrogens (tertiary/aromatic N) is 2. The van der Waals surface area contributed by atoms with Crippen LogP contribution in [-0.4, -0.2) is 44.8 Å². The number of carbonyl (C=O) groups is 1. The van der Waals surface area contributed by atoms with Crippen LogP contribution in [0.4, 0.5) is 5.69 Å². The van der Waals surface area contributed by atoms with E-state index in [-0.39, 0.29) is 21.4 Å². The summed E-state index contributed by atoms with van der Waals surface area (Å²) in [6, 6.07) is 12.5. The first-order valence-corrected chi connectivity index (χ1v) is 12.7. The van der Waals surface area contributed by atoms with E-state index in [0.29, 0.717) is 19.6 Å². The van der Waals surface area contributed by atoms with Crippen molar-refractivity contribution in [3.05, 3.63) is 58.6 Å². The van der Waals surface area contributed by atoms with E-state index >= 15 is 0 Å². The van der Waals surface area contributed by atoms with Gasteiger partial charge in [-0.05, 0) is 68.0 Å². The third-order valence-corrected chi connectivity index (χ3v) is 8.22. The van der Waals surface area contributed by atoms with Crippen molar-refractivity contribution in [1.82, 2.24) is 9.62 Å².